The van der Waals surface area contributed by atoms with Crippen molar-refractivity contribution in [2.45, 2.75) is 57.7 Å². The molecule has 0 saturated carbocycles. The van der Waals surface area contributed by atoms with Crippen LogP contribution in [0.1, 0.15) is 54.4 Å². The average molecular weight is 474 g/mol. The topological polar surface area (TPSA) is 58.6 Å². The van der Waals surface area contributed by atoms with Gasteiger partial charge >= 0.3 is 14.4 Å². The van der Waals surface area contributed by atoms with E-state index < -0.39 is 20.0 Å². The Morgan fingerprint density at radius 2 is 1.56 bits per heavy atom. The maximum Gasteiger partial charge on any atom is 0.694 e. The van der Waals surface area contributed by atoms with Gasteiger partial charge in [-0.3, -0.25) is 0 Å². The zero-order valence-corrected chi connectivity index (χ0v) is 18.7. The van der Waals surface area contributed by atoms with Crippen LogP contribution in [-0.4, -0.2) is 18.0 Å². The lowest BCUT2D eigenvalue weighted by atomic mass is 9.97. The molecule has 0 spiro atoms. The van der Waals surface area contributed by atoms with Crippen molar-refractivity contribution < 1.29 is 31.5 Å². The van der Waals surface area contributed by atoms with E-state index in [2.05, 4.69) is 9.84 Å². The molecule has 0 radical (unpaired) electrons. The molecule has 9 heteroatoms. The van der Waals surface area contributed by atoms with Crippen molar-refractivity contribution in [1.29, 1.82) is 0 Å². The Bertz CT molecular complexity index is 844. The van der Waals surface area contributed by atoms with E-state index in [-0.39, 0.29) is 19.0 Å². The molecule has 2 N–H and O–H groups in total. The highest BCUT2D eigenvalue weighted by Gasteiger charge is 2.33. The predicted molar refractivity (Wildman–Crippen MR) is 116 cm³/mol. The molecule has 1 atom stereocenters. The van der Waals surface area contributed by atoms with Crippen LogP contribution < -0.4 is 5.32 Å². The number of nitrogens with one attached hydrogen (secondary N) is 1. The second kappa shape index (κ2) is 13.6. The second-order valence-electron chi connectivity index (χ2n) is 7.63. The van der Waals surface area contributed by atoms with Gasteiger partial charge in [-0.05, 0) is 73.5 Å². The molecule has 0 saturated heterocycles. The molecular formula is C23H29F4NO3P+. The smallest absolute Gasteiger partial charge is 0.313 e. The number of unbranched alkanes of at least 4 members (excludes halogenated alkanes) is 3. The third-order valence-electron chi connectivity index (χ3n) is 5.08. The van der Waals surface area contributed by atoms with E-state index in [1.807, 2.05) is 0 Å². The Balaban J connectivity index is 1.76. The van der Waals surface area contributed by atoms with Gasteiger partial charge < -0.3 is 5.32 Å². The van der Waals surface area contributed by atoms with Crippen LogP contribution in [0.25, 0.3) is 0 Å². The molecule has 0 aliphatic rings. The zero-order chi connectivity index (χ0) is 23.4. The van der Waals surface area contributed by atoms with Crippen LogP contribution in [0, 0.1) is 5.82 Å². The number of hydrogen-bond acceptors (Lipinski definition) is 3. The first-order valence-electron chi connectivity index (χ1n) is 10.7. The summed E-state index contributed by atoms with van der Waals surface area (Å²) in [6.07, 6.45) is 0.620. The molecule has 0 amide bonds. The molecule has 0 aliphatic heterocycles. The first-order valence-corrected chi connectivity index (χ1v) is 11.8. The highest BCUT2D eigenvalue weighted by Crippen LogP contribution is 2.33. The summed E-state index contributed by atoms with van der Waals surface area (Å²) in [7, 11) is -2.62. The maximum atomic E-state index is 13.5. The van der Waals surface area contributed by atoms with Crippen LogP contribution in [0.5, 0.6) is 0 Å². The molecule has 0 fully saturated rings. The first-order chi connectivity index (χ1) is 15.3. The summed E-state index contributed by atoms with van der Waals surface area (Å²) in [5.41, 5.74) is 1.31. The fraction of sp³-hybridized carbons (Fsp3) is 0.478. The molecule has 0 bridgehead atoms. The van der Waals surface area contributed by atoms with Gasteiger partial charge in [0.25, 0.3) is 0 Å². The normalized spacial score (nSPS) is 12.2. The van der Waals surface area contributed by atoms with E-state index in [0.717, 1.165) is 31.2 Å². The minimum atomic E-state index is -4.41. The van der Waals surface area contributed by atoms with Gasteiger partial charge in [-0.2, -0.15) is 13.2 Å². The highest BCUT2D eigenvalue weighted by molar-refractivity contribution is 7.32. The van der Waals surface area contributed by atoms with Crippen molar-refractivity contribution in [3.63, 3.8) is 0 Å². The Morgan fingerprint density at radius 1 is 0.906 bits per heavy atom. The molecule has 0 aliphatic carbocycles. The van der Waals surface area contributed by atoms with Gasteiger partial charge in [-0.15, -0.1) is 9.42 Å². The third-order valence-corrected chi connectivity index (χ3v) is 5.49. The largest absolute Gasteiger partial charge is 0.694 e. The maximum absolute atomic E-state index is 13.5. The SMILES string of the molecule is O=[P+](O)OCCCNCc1ccc(CCCCCCc2ccc(F)cc2)c(C(F)(F)F)c1. The first kappa shape index (κ1) is 26.4. The summed E-state index contributed by atoms with van der Waals surface area (Å²) in [5, 5.41) is 3.01. The van der Waals surface area contributed by atoms with Gasteiger partial charge in [0, 0.05) is 11.1 Å². The number of halogens is 4. The lowest BCUT2D eigenvalue weighted by Crippen LogP contribution is -2.17. The van der Waals surface area contributed by atoms with E-state index in [9.17, 15) is 22.1 Å². The molecule has 4 nitrogen and oxygen atoms in total. The summed E-state index contributed by atoms with van der Waals surface area (Å²) in [5.74, 6) is -0.261. The van der Waals surface area contributed by atoms with E-state index in [1.165, 1.54) is 18.2 Å². The molecular weight excluding hydrogens is 445 g/mol. The minimum Gasteiger partial charge on any atom is -0.313 e. The summed E-state index contributed by atoms with van der Waals surface area (Å²) < 4.78 is 68.4. The lowest BCUT2D eigenvalue weighted by Gasteiger charge is -2.15. The summed E-state index contributed by atoms with van der Waals surface area (Å²) >= 11 is 0. The summed E-state index contributed by atoms with van der Waals surface area (Å²) in [4.78, 5) is 8.53. The zero-order valence-electron chi connectivity index (χ0n) is 17.8. The molecule has 0 heterocycles. The number of hydrogen-bond donors (Lipinski definition) is 2. The van der Waals surface area contributed by atoms with Crippen LogP contribution in [0.15, 0.2) is 42.5 Å². The summed E-state index contributed by atoms with van der Waals surface area (Å²) in [6.45, 7) is 0.845. The Kier molecular flexibility index (Phi) is 11.2. The number of rotatable bonds is 14. The fourth-order valence-corrected chi connectivity index (χ4v) is 3.72. The Morgan fingerprint density at radius 3 is 2.22 bits per heavy atom. The fourth-order valence-electron chi connectivity index (χ4n) is 3.44. The molecule has 1 unspecified atom stereocenters. The van der Waals surface area contributed by atoms with Crippen LogP contribution in [0.3, 0.4) is 0 Å². The number of alkyl halides is 3. The van der Waals surface area contributed by atoms with Crippen molar-refractivity contribution in [2.24, 2.45) is 0 Å². The van der Waals surface area contributed by atoms with Crippen molar-refractivity contribution >= 4 is 8.25 Å². The molecule has 2 aromatic carbocycles. The molecule has 0 aromatic heterocycles. The van der Waals surface area contributed by atoms with E-state index in [4.69, 9.17) is 4.89 Å². The molecule has 2 aromatic rings. The van der Waals surface area contributed by atoms with Crippen molar-refractivity contribution in [3.05, 3.63) is 70.5 Å². The molecule has 176 valence electrons. The molecule has 2 rings (SSSR count). The van der Waals surface area contributed by atoms with E-state index >= 15 is 0 Å². The van der Waals surface area contributed by atoms with Gasteiger partial charge in [0.1, 0.15) is 12.4 Å². The van der Waals surface area contributed by atoms with Crippen molar-refractivity contribution in [3.8, 4) is 0 Å². The van der Waals surface area contributed by atoms with Crippen LogP contribution in [-0.2, 0) is 34.7 Å². The number of benzene rings is 2. The monoisotopic (exact) mass is 474 g/mol. The van der Waals surface area contributed by atoms with Gasteiger partial charge in [0.2, 0.25) is 0 Å². The van der Waals surface area contributed by atoms with Crippen LogP contribution >= 0.6 is 8.25 Å². The average Bonchev–Trinajstić information content (AvgIpc) is 2.74. The highest BCUT2D eigenvalue weighted by atomic mass is 31.1. The van der Waals surface area contributed by atoms with Crippen LogP contribution in [0.4, 0.5) is 17.6 Å². The van der Waals surface area contributed by atoms with Crippen molar-refractivity contribution in [2.75, 3.05) is 13.2 Å². The molecule has 32 heavy (non-hydrogen) atoms. The van der Waals surface area contributed by atoms with Gasteiger partial charge in [0.05, 0.1) is 5.56 Å². The minimum absolute atomic E-state index is 0.106. The lowest BCUT2D eigenvalue weighted by molar-refractivity contribution is -0.138. The van der Waals surface area contributed by atoms with Gasteiger partial charge in [-0.1, -0.05) is 37.1 Å². The van der Waals surface area contributed by atoms with E-state index in [1.54, 1.807) is 24.3 Å². The number of aryl methyl sites for hydroxylation is 2. The van der Waals surface area contributed by atoms with Crippen LogP contribution in [0.2, 0.25) is 0 Å². The predicted octanol–water partition coefficient (Wildman–Crippen LogP) is 6.34. The Hall–Kier alpha value is -1.86. The standard InChI is InChI=1S/C23H28F4NO3P/c24-21-12-9-18(10-13-21)6-3-1-2-4-7-20-11-8-19(16-22(20)23(25,26)27)17-28-14-5-15-31-32(29)30/h8-13,16,28H,1-7,14-15,17H2/p+1. The third kappa shape index (κ3) is 10.2. The van der Waals surface area contributed by atoms with Gasteiger partial charge in [0.15, 0.2) is 0 Å². The van der Waals surface area contributed by atoms with Gasteiger partial charge in [-0.25, -0.2) is 4.39 Å². The summed E-state index contributed by atoms with van der Waals surface area (Å²) in [6, 6.07) is 10.8. The van der Waals surface area contributed by atoms with E-state index in [0.29, 0.717) is 36.9 Å². The Labute approximate surface area is 187 Å². The quantitative estimate of drug-likeness (QED) is 0.191. The van der Waals surface area contributed by atoms with Crippen molar-refractivity contribution in [1.82, 2.24) is 5.32 Å². The second-order valence-corrected chi connectivity index (χ2v) is 8.37.